The van der Waals surface area contributed by atoms with Crippen molar-refractivity contribution >= 4 is 18.2 Å². The molecule has 0 radical (unpaired) electrons. The van der Waals surface area contributed by atoms with Crippen molar-refractivity contribution in [3.05, 3.63) is 71.4 Å². The van der Waals surface area contributed by atoms with Gasteiger partial charge in [-0.15, -0.1) is 6.58 Å². The molecule has 0 aromatic carbocycles. The van der Waals surface area contributed by atoms with Crippen LogP contribution in [0.25, 0.3) is 0 Å². The molecule has 4 aliphatic rings. The molecule has 1 aliphatic heterocycles. The molecule has 0 amide bonds. The maximum absolute atomic E-state index is 13.3. The van der Waals surface area contributed by atoms with Crippen molar-refractivity contribution in [1.82, 2.24) is 9.62 Å². The molecule has 6 heteroatoms. The Morgan fingerprint density at radius 1 is 1.35 bits per heavy atom. The molecule has 162 valence electrons. The van der Waals surface area contributed by atoms with Gasteiger partial charge in [0.15, 0.2) is 0 Å². The normalized spacial score (nSPS) is 31.0. The SMILES string of the molecule is C=CC12CC(C=N)=C(NC3=CC=C(F)CC3)C=C1CCN(SC1C=CCC(C#N)C1)C2. The average molecular weight is 437 g/mol. The minimum absolute atomic E-state index is 0.0850. The summed E-state index contributed by atoms with van der Waals surface area (Å²) >= 11 is 1.85. The molecular formula is C25H29FN4S. The summed E-state index contributed by atoms with van der Waals surface area (Å²) in [5.41, 5.74) is 4.07. The Kier molecular flexibility index (Phi) is 6.64. The average Bonchev–Trinajstić information content (AvgIpc) is 2.80. The van der Waals surface area contributed by atoms with Crippen LogP contribution in [0.1, 0.15) is 38.5 Å². The van der Waals surface area contributed by atoms with Crippen LogP contribution in [0.15, 0.2) is 71.4 Å². The van der Waals surface area contributed by atoms with Gasteiger partial charge in [0.2, 0.25) is 0 Å². The maximum atomic E-state index is 13.3. The van der Waals surface area contributed by atoms with Gasteiger partial charge in [-0.05, 0) is 55.9 Å². The van der Waals surface area contributed by atoms with E-state index < -0.39 is 0 Å². The van der Waals surface area contributed by atoms with Gasteiger partial charge in [0, 0.05) is 47.8 Å². The van der Waals surface area contributed by atoms with Gasteiger partial charge in [-0.2, -0.15) is 5.26 Å². The molecule has 31 heavy (non-hydrogen) atoms. The number of allylic oxidation sites excluding steroid dienone is 7. The van der Waals surface area contributed by atoms with Gasteiger partial charge < -0.3 is 10.7 Å². The number of hydrogen-bond acceptors (Lipinski definition) is 5. The Labute approximate surface area is 188 Å². The summed E-state index contributed by atoms with van der Waals surface area (Å²) in [6.45, 7) is 5.98. The summed E-state index contributed by atoms with van der Waals surface area (Å²) in [5, 5.41) is 21.1. The largest absolute Gasteiger partial charge is 0.359 e. The second-order valence-electron chi connectivity index (χ2n) is 8.70. The number of nitrogens with one attached hydrogen (secondary N) is 2. The number of piperidine rings is 1. The smallest absolute Gasteiger partial charge is 0.100 e. The minimum atomic E-state index is -0.177. The van der Waals surface area contributed by atoms with Gasteiger partial charge in [-0.1, -0.05) is 35.7 Å². The molecule has 0 bridgehead atoms. The number of hydrogen-bond donors (Lipinski definition) is 2. The second kappa shape index (κ2) is 9.42. The van der Waals surface area contributed by atoms with Crippen LogP contribution in [0.2, 0.25) is 0 Å². The lowest BCUT2D eigenvalue weighted by Gasteiger charge is -2.46. The molecule has 3 unspecified atom stereocenters. The third-order valence-electron chi connectivity index (χ3n) is 6.61. The van der Waals surface area contributed by atoms with Crippen LogP contribution in [0.3, 0.4) is 0 Å². The third-order valence-corrected chi connectivity index (χ3v) is 7.84. The zero-order valence-electron chi connectivity index (χ0n) is 17.7. The molecule has 3 atom stereocenters. The van der Waals surface area contributed by atoms with Crippen molar-refractivity contribution in [1.29, 1.82) is 10.7 Å². The lowest BCUT2D eigenvalue weighted by atomic mass is 9.68. The second-order valence-corrected chi connectivity index (χ2v) is 10.0. The lowest BCUT2D eigenvalue weighted by molar-refractivity contribution is 0.276. The van der Waals surface area contributed by atoms with E-state index >= 15 is 0 Å². The van der Waals surface area contributed by atoms with Gasteiger partial charge >= 0.3 is 0 Å². The zero-order chi connectivity index (χ0) is 21.8. The van der Waals surface area contributed by atoms with Crippen LogP contribution in [-0.2, 0) is 0 Å². The van der Waals surface area contributed by atoms with Crippen molar-refractivity contribution in [2.45, 2.75) is 43.8 Å². The van der Waals surface area contributed by atoms with Gasteiger partial charge in [-0.3, -0.25) is 0 Å². The Balaban J connectivity index is 1.49. The zero-order valence-corrected chi connectivity index (χ0v) is 18.6. The summed E-state index contributed by atoms with van der Waals surface area (Å²) < 4.78 is 15.8. The Morgan fingerprint density at radius 2 is 2.23 bits per heavy atom. The summed E-state index contributed by atoms with van der Waals surface area (Å²) in [6.07, 6.45) is 17.9. The number of nitrogens with zero attached hydrogens (tertiary/aromatic N) is 2. The number of rotatable bonds is 6. The van der Waals surface area contributed by atoms with E-state index in [0.29, 0.717) is 18.1 Å². The lowest BCUT2D eigenvalue weighted by Crippen LogP contribution is -2.43. The van der Waals surface area contributed by atoms with E-state index in [9.17, 15) is 9.65 Å². The summed E-state index contributed by atoms with van der Waals surface area (Å²) in [6, 6.07) is 2.41. The van der Waals surface area contributed by atoms with Crippen LogP contribution >= 0.6 is 11.9 Å². The van der Waals surface area contributed by atoms with Crippen LogP contribution in [0.4, 0.5) is 4.39 Å². The molecule has 0 spiro atoms. The van der Waals surface area contributed by atoms with Gasteiger partial charge in [0.05, 0.1) is 12.0 Å². The first kappa shape index (κ1) is 21.9. The molecule has 1 fully saturated rings. The Morgan fingerprint density at radius 3 is 2.94 bits per heavy atom. The molecule has 4 rings (SSSR count). The highest BCUT2D eigenvalue weighted by molar-refractivity contribution is 7.97. The highest BCUT2D eigenvalue weighted by Crippen LogP contribution is 2.47. The number of fused-ring (bicyclic) bond motifs is 1. The van der Waals surface area contributed by atoms with E-state index in [-0.39, 0.29) is 17.2 Å². The monoisotopic (exact) mass is 436 g/mol. The molecular weight excluding hydrogens is 407 g/mol. The predicted octanol–water partition coefficient (Wildman–Crippen LogP) is 5.73. The van der Waals surface area contributed by atoms with Crippen LogP contribution < -0.4 is 5.32 Å². The van der Waals surface area contributed by atoms with Gasteiger partial charge in [-0.25, -0.2) is 8.70 Å². The van der Waals surface area contributed by atoms with Crippen molar-refractivity contribution in [2.75, 3.05) is 13.1 Å². The van der Waals surface area contributed by atoms with Crippen molar-refractivity contribution in [3.63, 3.8) is 0 Å². The first-order chi connectivity index (χ1) is 15.0. The van der Waals surface area contributed by atoms with E-state index in [1.165, 1.54) is 17.9 Å². The first-order valence-corrected chi connectivity index (χ1v) is 11.8. The van der Waals surface area contributed by atoms with Gasteiger partial charge in [0.1, 0.15) is 5.83 Å². The molecule has 0 saturated carbocycles. The quantitative estimate of drug-likeness (QED) is 0.317. The van der Waals surface area contributed by atoms with Crippen LogP contribution in [-0.4, -0.2) is 28.9 Å². The molecule has 0 aromatic rings. The maximum Gasteiger partial charge on any atom is 0.100 e. The topological polar surface area (TPSA) is 62.9 Å². The Hall–Kier alpha value is -2.36. The predicted molar refractivity (Wildman–Crippen MR) is 126 cm³/mol. The van der Waals surface area contributed by atoms with E-state index in [2.05, 4.69) is 46.6 Å². The summed E-state index contributed by atoms with van der Waals surface area (Å²) in [5.74, 6) is 0.0301. The van der Waals surface area contributed by atoms with Gasteiger partial charge in [0.25, 0.3) is 0 Å². The van der Waals surface area contributed by atoms with E-state index in [1.54, 1.807) is 6.08 Å². The number of halogens is 1. The Bertz CT molecular complexity index is 951. The highest BCUT2D eigenvalue weighted by atomic mass is 32.2. The first-order valence-electron chi connectivity index (χ1n) is 10.9. The molecule has 0 aromatic heterocycles. The third kappa shape index (κ3) is 4.78. The number of nitriles is 1. The van der Waals surface area contributed by atoms with E-state index in [1.807, 2.05) is 11.9 Å². The van der Waals surface area contributed by atoms with Crippen molar-refractivity contribution in [2.24, 2.45) is 11.3 Å². The summed E-state index contributed by atoms with van der Waals surface area (Å²) in [4.78, 5) is 0. The highest BCUT2D eigenvalue weighted by Gasteiger charge is 2.41. The van der Waals surface area contributed by atoms with Crippen LogP contribution in [0, 0.1) is 28.1 Å². The molecule has 1 saturated heterocycles. The summed E-state index contributed by atoms with van der Waals surface area (Å²) in [7, 11) is 0. The fourth-order valence-electron chi connectivity index (χ4n) is 4.79. The van der Waals surface area contributed by atoms with E-state index in [0.717, 1.165) is 55.7 Å². The van der Waals surface area contributed by atoms with Crippen molar-refractivity contribution in [3.8, 4) is 6.07 Å². The fourth-order valence-corrected chi connectivity index (χ4v) is 6.18. The minimum Gasteiger partial charge on any atom is -0.359 e. The molecule has 3 aliphatic carbocycles. The molecule has 1 heterocycles. The van der Waals surface area contributed by atoms with Crippen LogP contribution in [0.5, 0.6) is 0 Å². The standard InChI is InChI=1S/C25H29FN4S/c1-2-25-14-19(16-28)24(29-22-8-6-21(26)7-9-22)13-20(25)10-11-30(17-25)31-23-5-3-4-18(12-23)15-27/h2-3,5-6,8,13,16,18,23,28-29H,1,4,7,9-12,14,17H2. The molecule has 2 N–H and O–H groups in total. The van der Waals surface area contributed by atoms with E-state index in [4.69, 9.17) is 5.41 Å². The van der Waals surface area contributed by atoms with Crippen molar-refractivity contribution < 1.29 is 4.39 Å². The fraction of sp³-hybridized carbons (Fsp3) is 0.440. The molecule has 4 nitrogen and oxygen atoms in total.